The van der Waals surface area contributed by atoms with Crippen molar-refractivity contribution in [2.75, 3.05) is 13.1 Å². The maximum Gasteiger partial charge on any atom is 0.130 e. The van der Waals surface area contributed by atoms with Crippen LogP contribution in [-0.2, 0) is 6.54 Å². The molecule has 4 heteroatoms. The first kappa shape index (κ1) is 12.5. The average molecular weight is 240 g/mol. The van der Waals surface area contributed by atoms with Crippen molar-refractivity contribution in [2.24, 2.45) is 0 Å². The summed E-state index contributed by atoms with van der Waals surface area (Å²) in [6, 6.07) is 4.58. The van der Waals surface area contributed by atoms with Crippen molar-refractivity contribution in [3.63, 3.8) is 0 Å². The van der Waals surface area contributed by atoms with Gasteiger partial charge in [0.25, 0.3) is 0 Å². The third-order valence-corrected chi connectivity index (χ3v) is 3.28. The lowest BCUT2D eigenvalue weighted by molar-refractivity contribution is 0.137. The molecule has 0 aliphatic carbocycles. The average Bonchev–Trinajstić information content (AvgIpc) is 2.27. The number of hydrogen-bond acceptors (Lipinski definition) is 2. The van der Waals surface area contributed by atoms with Gasteiger partial charge < -0.3 is 5.32 Å². The second-order valence-electron chi connectivity index (χ2n) is 4.82. The standard InChI is InChI=1S/C13H18F2N2/c1-9-7-17(10(2)6-16-9)8-11-3-4-12(14)5-13(11)15/h3-5,9-10,16H,6-8H2,1-2H3. The molecule has 2 unspecified atom stereocenters. The number of nitrogens with zero attached hydrogens (tertiary/aromatic N) is 1. The van der Waals surface area contributed by atoms with Crippen molar-refractivity contribution in [1.82, 2.24) is 10.2 Å². The lowest BCUT2D eigenvalue weighted by Crippen LogP contribution is -2.53. The lowest BCUT2D eigenvalue weighted by atomic mass is 10.1. The maximum absolute atomic E-state index is 13.5. The highest BCUT2D eigenvalue weighted by Gasteiger charge is 2.23. The van der Waals surface area contributed by atoms with Gasteiger partial charge in [-0.1, -0.05) is 6.07 Å². The third kappa shape index (κ3) is 3.01. The molecule has 1 heterocycles. The normalized spacial score (nSPS) is 26.1. The van der Waals surface area contributed by atoms with Crippen LogP contribution in [0.5, 0.6) is 0 Å². The zero-order valence-electron chi connectivity index (χ0n) is 10.2. The minimum Gasteiger partial charge on any atom is -0.311 e. The van der Waals surface area contributed by atoms with Gasteiger partial charge in [0, 0.05) is 43.3 Å². The quantitative estimate of drug-likeness (QED) is 0.852. The SMILES string of the molecule is CC1CN(Cc2ccc(F)cc2F)C(C)CN1. The van der Waals surface area contributed by atoms with Crippen molar-refractivity contribution >= 4 is 0 Å². The van der Waals surface area contributed by atoms with Crippen LogP contribution in [0, 0.1) is 11.6 Å². The van der Waals surface area contributed by atoms with Crippen LogP contribution < -0.4 is 5.32 Å². The summed E-state index contributed by atoms with van der Waals surface area (Å²) in [6.07, 6.45) is 0. The van der Waals surface area contributed by atoms with Gasteiger partial charge in [-0.05, 0) is 19.9 Å². The minimum absolute atomic E-state index is 0.371. The predicted octanol–water partition coefficient (Wildman–Crippen LogP) is 2.15. The number of benzene rings is 1. The summed E-state index contributed by atoms with van der Waals surface area (Å²) in [6.45, 7) is 6.56. The molecule has 17 heavy (non-hydrogen) atoms. The Morgan fingerprint density at radius 2 is 2.12 bits per heavy atom. The van der Waals surface area contributed by atoms with Crippen molar-refractivity contribution in [3.8, 4) is 0 Å². The van der Waals surface area contributed by atoms with Crippen LogP contribution in [-0.4, -0.2) is 30.1 Å². The molecule has 1 aliphatic rings. The molecule has 0 aromatic heterocycles. The molecule has 2 rings (SSSR count). The Bertz CT molecular complexity index is 395. The summed E-state index contributed by atoms with van der Waals surface area (Å²) in [5.41, 5.74) is 0.562. The molecular formula is C13H18F2N2. The third-order valence-electron chi connectivity index (χ3n) is 3.28. The minimum atomic E-state index is -0.520. The van der Waals surface area contributed by atoms with E-state index in [1.807, 2.05) is 0 Å². The monoisotopic (exact) mass is 240 g/mol. The van der Waals surface area contributed by atoms with Gasteiger partial charge in [-0.2, -0.15) is 0 Å². The number of rotatable bonds is 2. The summed E-state index contributed by atoms with van der Waals surface area (Å²) in [5, 5.41) is 3.38. The Morgan fingerprint density at radius 3 is 2.82 bits per heavy atom. The Labute approximate surface area is 101 Å². The van der Waals surface area contributed by atoms with Gasteiger partial charge in [0.2, 0.25) is 0 Å². The molecule has 1 aromatic rings. The van der Waals surface area contributed by atoms with E-state index in [9.17, 15) is 8.78 Å². The van der Waals surface area contributed by atoms with E-state index in [2.05, 4.69) is 24.1 Å². The molecule has 1 saturated heterocycles. The molecule has 94 valence electrons. The van der Waals surface area contributed by atoms with Crippen molar-refractivity contribution in [2.45, 2.75) is 32.5 Å². The van der Waals surface area contributed by atoms with Crippen LogP contribution in [0.3, 0.4) is 0 Å². The molecule has 0 bridgehead atoms. The first-order valence-electron chi connectivity index (χ1n) is 5.97. The molecule has 1 N–H and O–H groups in total. The van der Waals surface area contributed by atoms with E-state index >= 15 is 0 Å². The van der Waals surface area contributed by atoms with Crippen molar-refractivity contribution in [1.29, 1.82) is 0 Å². The maximum atomic E-state index is 13.5. The number of hydrogen-bond donors (Lipinski definition) is 1. The molecule has 1 aromatic carbocycles. The van der Waals surface area contributed by atoms with Crippen LogP contribution >= 0.6 is 0 Å². The molecule has 2 atom stereocenters. The smallest absolute Gasteiger partial charge is 0.130 e. The van der Waals surface area contributed by atoms with Gasteiger partial charge in [0.15, 0.2) is 0 Å². The molecule has 0 amide bonds. The van der Waals surface area contributed by atoms with Crippen LogP contribution in [0.15, 0.2) is 18.2 Å². The first-order chi connectivity index (χ1) is 8.06. The molecule has 1 fully saturated rings. The lowest BCUT2D eigenvalue weighted by Gasteiger charge is -2.37. The second-order valence-corrected chi connectivity index (χ2v) is 4.82. The van der Waals surface area contributed by atoms with Gasteiger partial charge in [-0.15, -0.1) is 0 Å². The van der Waals surface area contributed by atoms with Gasteiger partial charge in [-0.3, -0.25) is 4.90 Å². The summed E-state index contributed by atoms with van der Waals surface area (Å²) in [4.78, 5) is 2.22. The fourth-order valence-electron chi connectivity index (χ4n) is 2.19. The van der Waals surface area contributed by atoms with E-state index < -0.39 is 11.6 Å². The fourth-order valence-corrected chi connectivity index (χ4v) is 2.19. The highest BCUT2D eigenvalue weighted by molar-refractivity contribution is 5.18. The van der Waals surface area contributed by atoms with Crippen molar-refractivity contribution in [3.05, 3.63) is 35.4 Å². The molecule has 2 nitrogen and oxygen atoms in total. The molecule has 0 spiro atoms. The van der Waals surface area contributed by atoms with Gasteiger partial charge in [-0.25, -0.2) is 8.78 Å². The number of nitrogens with one attached hydrogen (secondary N) is 1. The van der Waals surface area contributed by atoms with Gasteiger partial charge in [0.1, 0.15) is 11.6 Å². The molecule has 0 radical (unpaired) electrons. The number of piperazine rings is 1. The Morgan fingerprint density at radius 1 is 1.35 bits per heavy atom. The van der Waals surface area contributed by atoms with E-state index in [1.54, 1.807) is 0 Å². The highest BCUT2D eigenvalue weighted by Crippen LogP contribution is 2.15. The Balaban J connectivity index is 2.08. The summed E-state index contributed by atoms with van der Waals surface area (Å²) >= 11 is 0. The summed E-state index contributed by atoms with van der Waals surface area (Å²) in [7, 11) is 0. The van der Waals surface area contributed by atoms with Crippen LogP contribution in [0.25, 0.3) is 0 Å². The van der Waals surface area contributed by atoms with Crippen LogP contribution in [0.1, 0.15) is 19.4 Å². The van der Waals surface area contributed by atoms with E-state index in [1.165, 1.54) is 12.1 Å². The predicted molar refractivity (Wildman–Crippen MR) is 63.7 cm³/mol. The summed E-state index contributed by atoms with van der Waals surface area (Å²) < 4.78 is 26.3. The van der Waals surface area contributed by atoms with Crippen molar-refractivity contribution < 1.29 is 8.78 Å². The van der Waals surface area contributed by atoms with E-state index in [4.69, 9.17) is 0 Å². The van der Waals surface area contributed by atoms with E-state index in [0.717, 1.165) is 19.2 Å². The van der Waals surface area contributed by atoms with E-state index in [0.29, 0.717) is 24.2 Å². The Hall–Kier alpha value is -1.00. The largest absolute Gasteiger partial charge is 0.311 e. The zero-order chi connectivity index (χ0) is 12.4. The Kier molecular flexibility index (Phi) is 3.74. The molecule has 0 saturated carbocycles. The highest BCUT2D eigenvalue weighted by atomic mass is 19.1. The zero-order valence-corrected chi connectivity index (χ0v) is 10.2. The number of halogens is 2. The van der Waals surface area contributed by atoms with Crippen LogP contribution in [0.4, 0.5) is 8.78 Å². The van der Waals surface area contributed by atoms with Crippen LogP contribution in [0.2, 0.25) is 0 Å². The summed E-state index contributed by atoms with van der Waals surface area (Å²) in [5.74, 6) is -0.976. The molecular weight excluding hydrogens is 222 g/mol. The van der Waals surface area contributed by atoms with Gasteiger partial charge >= 0.3 is 0 Å². The first-order valence-corrected chi connectivity index (χ1v) is 5.97. The fraction of sp³-hybridized carbons (Fsp3) is 0.538. The topological polar surface area (TPSA) is 15.3 Å². The second kappa shape index (κ2) is 5.10. The molecule has 1 aliphatic heterocycles. The van der Waals surface area contributed by atoms with E-state index in [-0.39, 0.29) is 0 Å². The van der Waals surface area contributed by atoms with Gasteiger partial charge in [0.05, 0.1) is 0 Å².